The van der Waals surface area contributed by atoms with Gasteiger partial charge in [0.05, 0.1) is 33.8 Å². The second kappa shape index (κ2) is 15.5. The smallest absolute Gasteiger partial charge is 0.0618 e. The Kier molecular flexibility index (Phi) is 9.06. The fourth-order valence-electron chi connectivity index (χ4n) is 9.69. The fraction of sp³-hybridized carbons (Fsp3) is 0. The van der Waals surface area contributed by atoms with Crippen LogP contribution in [0.3, 0.4) is 0 Å². The molecule has 0 radical (unpaired) electrons. The summed E-state index contributed by atoms with van der Waals surface area (Å²) >= 11 is 1.88. The molecule has 2 heterocycles. The normalized spacial score (nSPS) is 11.5. The zero-order chi connectivity index (χ0) is 41.7. The zero-order valence-electron chi connectivity index (χ0n) is 34.4. The number of para-hydroxylation sites is 4. The summed E-state index contributed by atoms with van der Waals surface area (Å²) in [5.74, 6) is 0. The molecule has 2 aromatic heterocycles. The third-order valence-corrected chi connectivity index (χ3v) is 13.6. The Labute approximate surface area is 370 Å². The topological polar surface area (TPSA) is 8.17 Å². The number of hydrogen-bond acceptors (Lipinski definition) is 2. The maximum absolute atomic E-state index is 2.53. The van der Waals surface area contributed by atoms with Crippen LogP contribution in [0, 0.1) is 0 Å². The van der Waals surface area contributed by atoms with Crippen LogP contribution in [0.4, 0.5) is 17.1 Å². The van der Waals surface area contributed by atoms with E-state index in [-0.39, 0.29) is 0 Å². The maximum Gasteiger partial charge on any atom is 0.0618 e. The molecule has 0 atom stereocenters. The van der Waals surface area contributed by atoms with Crippen LogP contribution in [0.5, 0.6) is 0 Å². The SMILES string of the molecule is c1ccc(-c2ccccc2N(c2ccccc2-c2cccc3c2sc2ccccc23)c2cccc3c2c2ccccc2n3-c2c(-c3ccccc3)cccc2-c2ccccc2)cc1. The van der Waals surface area contributed by atoms with Gasteiger partial charge in [0.25, 0.3) is 0 Å². The number of anilines is 3. The zero-order valence-corrected chi connectivity index (χ0v) is 35.2. The van der Waals surface area contributed by atoms with Crippen molar-refractivity contribution in [3.05, 3.63) is 243 Å². The van der Waals surface area contributed by atoms with Crippen LogP contribution in [-0.4, -0.2) is 4.57 Å². The third-order valence-electron chi connectivity index (χ3n) is 12.4. The van der Waals surface area contributed by atoms with Crippen LogP contribution in [0.1, 0.15) is 0 Å². The Bertz CT molecular complexity index is 3560. The number of thiophene rings is 1. The number of hydrogen-bond donors (Lipinski definition) is 0. The average molecular weight is 821 g/mol. The number of fused-ring (bicyclic) bond motifs is 6. The summed E-state index contributed by atoms with van der Waals surface area (Å²) in [6, 6.07) is 88.4. The van der Waals surface area contributed by atoms with E-state index in [0.717, 1.165) is 39.3 Å². The highest BCUT2D eigenvalue weighted by molar-refractivity contribution is 7.26. The fourth-order valence-corrected chi connectivity index (χ4v) is 10.9. The van der Waals surface area contributed by atoms with Gasteiger partial charge in [-0.05, 0) is 53.1 Å². The molecule has 0 bridgehead atoms. The Hall–Kier alpha value is -7.98. The molecule has 0 fully saturated rings. The first kappa shape index (κ1) is 36.8. The van der Waals surface area contributed by atoms with E-state index in [4.69, 9.17) is 0 Å². The van der Waals surface area contributed by atoms with Crippen molar-refractivity contribution in [2.75, 3.05) is 4.90 Å². The van der Waals surface area contributed by atoms with Gasteiger partial charge in [0.1, 0.15) is 0 Å². The highest BCUT2D eigenvalue weighted by atomic mass is 32.1. The predicted molar refractivity (Wildman–Crippen MR) is 270 cm³/mol. The monoisotopic (exact) mass is 820 g/mol. The quantitative estimate of drug-likeness (QED) is 0.148. The van der Waals surface area contributed by atoms with Crippen LogP contribution >= 0.6 is 11.3 Å². The van der Waals surface area contributed by atoms with Crippen LogP contribution in [0.25, 0.3) is 92.2 Å². The molecule has 0 N–H and O–H groups in total. The number of aromatic nitrogens is 1. The van der Waals surface area contributed by atoms with Gasteiger partial charge >= 0.3 is 0 Å². The molecule has 0 aliphatic heterocycles. The molecule has 63 heavy (non-hydrogen) atoms. The first-order valence-electron chi connectivity index (χ1n) is 21.5. The van der Waals surface area contributed by atoms with Crippen molar-refractivity contribution in [3.8, 4) is 50.2 Å². The van der Waals surface area contributed by atoms with Gasteiger partial charge in [-0.3, -0.25) is 0 Å². The Balaban J connectivity index is 1.20. The van der Waals surface area contributed by atoms with Crippen molar-refractivity contribution in [1.82, 2.24) is 4.57 Å². The van der Waals surface area contributed by atoms with E-state index < -0.39 is 0 Å². The maximum atomic E-state index is 2.53. The molecule has 10 aromatic carbocycles. The van der Waals surface area contributed by atoms with Crippen molar-refractivity contribution in [2.24, 2.45) is 0 Å². The molecule has 12 rings (SSSR count). The molecule has 2 nitrogen and oxygen atoms in total. The number of benzene rings is 10. The third kappa shape index (κ3) is 6.16. The molecule has 296 valence electrons. The van der Waals surface area contributed by atoms with Crippen molar-refractivity contribution in [2.45, 2.75) is 0 Å². The Morgan fingerprint density at radius 3 is 1.44 bits per heavy atom. The number of rotatable bonds is 8. The predicted octanol–water partition coefficient (Wildman–Crippen LogP) is 17.3. The van der Waals surface area contributed by atoms with E-state index in [2.05, 4.69) is 252 Å². The van der Waals surface area contributed by atoms with Crippen molar-refractivity contribution < 1.29 is 0 Å². The van der Waals surface area contributed by atoms with Crippen LogP contribution in [0.2, 0.25) is 0 Å². The van der Waals surface area contributed by atoms with Crippen molar-refractivity contribution >= 4 is 70.4 Å². The second-order valence-corrected chi connectivity index (χ2v) is 17.0. The van der Waals surface area contributed by atoms with Gasteiger partial charge in [0.15, 0.2) is 0 Å². The molecule has 0 saturated heterocycles. The minimum atomic E-state index is 1.11. The standard InChI is InChI=1S/C60H40N2S/c1-4-21-41(22-5-1)44-27-10-14-35-52(44)61(53-36-15-11-28-47(53)49-33-19-34-50-48-29-13-17-40-57(48)63-60(49)50)55-38-20-39-56-58(55)51-30-12-16-37-54(51)62(56)59-45(42-23-6-2-7-24-42)31-18-32-46(59)43-25-8-3-9-26-43/h1-40H. The summed E-state index contributed by atoms with van der Waals surface area (Å²) in [7, 11) is 0. The summed E-state index contributed by atoms with van der Waals surface area (Å²) in [4.78, 5) is 2.53. The first-order valence-corrected chi connectivity index (χ1v) is 22.3. The van der Waals surface area contributed by atoms with E-state index >= 15 is 0 Å². The molecular formula is C60H40N2S. The molecule has 0 unspecified atom stereocenters. The first-order chi connectivity index (χ1) is 31.3. The van der Waals surface area contributed by atoms with Crippen molar-refractivity contribution in [3.63, 3.8) is 0 Å². The summed E-state index contributed by atoms with van der Waals surface area (Å²) in [6.07, 6.45) is 0. The lowest BCUT2D eigenvalue weighted by Gasteiger charge is -2.30. The van der Waals surface area contributed by atoms with Gasteiger partial charge in [-0.15, -0.1) is 11.3 Å². The largest absolute Gasteiger partial charge is 0.309 e. The molecule has 12 aromatic rings. The molecule has 0 amide bonds. The second-order valence-electron chi connectivity index (χ2n) is 16.0. The number of nitrogens with zero attached hydrogens (tertiary/aromatic N) is 2. The van der Waals surface area contributed by atoms with E-state index in [1.165, 1.54) is 69.9 Å². The highest BCUT2D eigenvalue weighted by Gasteiger charge is 2.27. The van der Waals surface area contributed by atoms with Gasteiger partial charge in [-0.1, -0.05) is 206 Å². The van der Waals surface area contributed by atoms with E-state index in [1.807, 2.05) is 11.3 Å². The van der Waals surface area contributed by atoms with Gasteiger partial charge < -0.3 is 9.47 Å². The van der Waals surface area contributed by atoms with Crippen LogP contribution < -0.4 is 4.90 Å². The minimum Gasteiger partial charge on any atom is -0.309 e. The molecule has 0 aliphatic carbocycles. The van der Waals surface area contributed by atoms with Crippen LogP contribution in [0.15, 0.2) is 243 Å². The lowest BCUT2D eigenvalue weighted by Crippen LogP contribution is -2.13. The molecule has 0 saturated carbocycles. The summed E-state index contributed by atoms with van der Waals surface area (Å²) in [5, 5.41) is 4.96. The molecule has 0 spiro atoms. The Morgan fingerprint density at radius 2 is 0.746 bits per heavy atom. The van der Waals surface area contributed by atoms with Crippen molar-refractivity contribution in [1.29, 1.82) is 0 Å². The summed E-state index contributed by atoms with van der Waals surface area (Å²) in [5.41, 5.74) is 16.2. The van der Waals surface area contributed by atoms with Gasteiger partial charge in [0.2, 0.25) is 0 Å². The van der Waals surface area contributed by atoms with E-state index in [9.17, 15) is 0 Å². The summed E-state index contributed by atoms with van der Waals surface area (Å²) in [6.45, 7) is 0. The summed E-state index contributed by atoms with van der Waals surface area (Å²) < 4.78 is 5.11. The molecule has 3 heteroatoms. The minimum absolute atomic E-state index is 1.11. The molecule has 0 aliphatic rings. The van der Waals surface area contributed by atoms with Gasteiger partial charge in [-0.25, -0.2) is 0 Å². The van der Waals surface area contributed by atoms with Gasteiger partial charge in [0, 0.05) is 58.8 Å². The lowest BCUT2D eigenvalue weighted by molar-refractivity contribution is 1.18. The van der Waals surface area contributed by atoms with Crippen LogP contribution in [-0.2, 0) is 0 Å². The highest BCUT2D eigenvalue weighted by Crippen LogP contribution is 2.51. The lowest BCUT2D eigenvalue weighted by atomic mass is 9.95. The molecular weight excluding hydrogens is 781 g/mol. The van der Waals surface area contributed by atoms with E-state index in [1.54, 1.807) is 0 Å². The average Bonchev–Trinajstić information content (AvgIpc) is 3.91. The Morgan fingerprint density at radius 1 is 0.302 bits per heavy atom. The van der Waals surface area contributed by atoms with Gasteiger partial charge in [-0.2, -0.15) is 0 Å². The van der Waals surface area contributed by atoms with E-state index in [0.29, 0.717) is 0 Å².